The zero-order valence-electron chi connectivity index (χ0n) is 11.1. The molecule has 0 saturated carbocycles. The zero-order valence-corrected chi connectivity index (χ0v) is 12.7. The molecule has 0 aliphatic carbocycles. The van der Waals surface area contributed by atoms with E-state index >= 15 is 0 Å². The highest BCUT2D eigenvalue weighted by atomic mass is 32.2. The average molecular weight is 319 g/mol. The third kappa shape index (κ3) is 4.66. The Hall–Kier alpha value is -1.32. The molecule has 0 atom stereocenters. The minimum absolute atomic E-state index is 0.0990. The monoisotopic (exact) mass is 319 g/mol. The Labute approximate surface area is 122 Å². The van der Waals surface area contributed by atoms with Gasteiger partial charge in [-0.1, -0.05) is 6.08 Å². The SMILES string of the molecule is C=CCSCCNS(=O)(=O)c1[nH]ncc1C(=O)OCC. The number of aromatic nitrogens is 2. The lowest BCUT2D eigenvalue weighted by atomic mass is 10.4. The van der Waals surface area contributed by atoms with Gasteiger partial charge < -0.3 is 4.74 Å². The number of carbonyl (C=O) groups is 1. The Morgan fingerprint density at radius 1 is 1.65 bits per heavy atom. The van der Waals surface area contributed by atoms with Gasteiger partial charge in [0, 0.05) is 18.1 Å². The van der Waals surface area contributed by atoms with Crippen LogP contribution in [0.2, 0.25) is 0 Å². The van der Waals surface area contributed by atoms with Crippen LogP contribution in [-0.4, -0.2) is 49.2 Å². The Morgan fingerprint density at radius 2 is 2.40 bits per heavy atom. The largest absolute Gasteiger partial charge is 0.462 e. The van der Waals surface area contributed by atoms with Crippen LogP contribution in [0.3, 0.4) is 0 Å². The molecule has 1 heterocycles. The fraction of sp³-hybridized carbons (Fsp3) is 0.455. The van der Waals surface area contributed by atoms with Gasteiger partial charge >= 0.3 is 5.97 Å². The predicted molar refractivity (Wildman–Crippen MR) is 77.3 cm³/mol. The molecule has 0 fully saturated rings. The first-order valence-electron chi connectivity index (χ1n) is 5.91. The van der Waals surface area contributed by atoms with E-state index in [0.29, 0.717) is 5.75 Å². The summed E-state index contributed by atoms with van der Waals surface area (Å²) in [5.41, 5.74) is -0.0990. The lowest BCUT2D eigenvalue weighted by molar-refractivity contribution is 0.0522. The van der Waals surface area contributed by atoms with Crippen LogP contribution >= 0.6 is 11.8 Å². The molecule has 20 heavy (non-hydrogen) atoms. The van der Waals surface area contributed by atoms with E-state index in [1.54, 1.807) is 24.8 Å². The highest BCUT2D eigenvalue weighted by molar-refractivity contribution is 7.99. The third-order valence-electron chi connectivity index (χ3n) is 2.14. The summed E-state index contributed by atoms with van der Waals surface area (Å²) >= 11 is 1.55. The van der Waals surface area contributed by atoms with E-state index in [4.69, 9.17) is 4.74 Å². The van der Waals surface area contributed by atoms with Crippen LogP contribution in [-0.2, 0) is 14.8 Å². The van der Waals surface area contributed by atoms with Gasteiger partial charge in [-0.3, -0.25) is 5.10 Å². The van der Waals surface area contributed by atoms with Crippen molar-refractivity contribution < 1.29 is 17.9 Å². The quantitative estimate of drug-likeness (QED) is 0.396. The van der Waals surface area contributed by atoms with Crippen molar-refractivity contribution in [2.75, 3.05) is 24.7 Å². The summed E-state index contributed by atoms with van der Waals surface area (Å²) in [4.78, 5) is 11.6. The van der Waals surface area contributed by atoms with E-state index in [-0.39, 0.29) is 23.7 Å². The minimum atomic E-state index is -3.81. The second-order valence-electron chi connectivity index (χ2n) is 3.59. The number of esters is 1. The summed E-state index contributed by atoms with van der Waals surface area (Å²) in [7, 11) is -3.81. The Kier molecular flexibility index (Phi) is 6.76. The molecule has 0 aliphatic heterocycles. The van der Waals surface area contributed by atoms with Crippen molar-refractivity contribution in [1.29, 1.82) is 0 Å². The van der Waals surface area contributed by atoms with Crippen molar-refractivity contribution in [3.8, 4) is 0 Å². The van der Waals surface area contributed by atoms with E-state index in [2.05, 4.69) is 21.5 Å². The summed E-state index contributed by atoms with van der Waals surface area (Å²) in [6.07, 6.45) is 2.88. The van der Waals surface area contributed by atoms with E-state index in [9.17, 15) is 13.2 Å². The maximum Gasteiger partial charge on any atom is 0.342 e. The van der Waals surface area contributed by atoms with Crippen LogP contribution in [0.15, 0.2) is 23.9 Å². The van der Waals surface area contributed by atoms with Gasteiger partial charge in [-0.2, -0.15) is 16.9 Å². The van der Waals surface area contributed by atoms with Crippen molar-refractivity contribution in [2.45, 2.75) is 11.9 Å². The molecule has 9 heteroatoms. The number of hydrogen-bond acceptors (Lipinski definition) is 6. The highest BCUT2D eigenvalue weighted by Gasteiger charge is 2.25. The number of nitrogens with one attached hydrogen (secondary N) is 2. The predicted octanol–water partition coefficient (Wildman–Crippen LogP) is 0.784. The molecule has 0 radical (unpaired) electrons. The molecule has 0 aliphatic rings. The number of H-pyrrole nitrogens is 1. The average Bonchev–Trinajstić information content (AvgIpc) is 2.89. The molecule has 112 valence electrons. The van der Waals surface area contributed by atoms with Crippen LogP contribution in [0.1, 0.15) is 17.3 Å². The first kappa shape index (κ1) is 16.7. The number of carbonyl (C=O) groups excluding carboxylic acids is 1. The molecule has 0 aromatic carbocycles. The van der Waals surface area contributed by atoms with Gasteiger partial charge in [-0.05, 0) is 6.92 Å². The standard InChI is InChI=1S/C11H17N3O4S2/c1-3-6-19-7-5-13-20(16,17)10-9(8-12-14-10)11(15)18-4-2/h3,8,13H,1,4-7H2,2H3,(H,12,14). The van der Waals surface area contributed by atoms with Crippen LogP contribution in [0, 0.1) is 0 Å². The van der Waals surface area contributed by atoms with Crippen molar-refractivity contribution in [3.05, 3.63) is 24.4 Å². The van der Waals surface area contributed by atoms with Crippen LogP contribution in [0.25, 0.3) is 0 Å². The molecule has 0 saturated heterocycles. The molecule has 2 N–H and O–H groups in total. The Balaban J connectivity index is 2.70. The molecule has 0 unspecified atom stereocenters. The van der Waals surface area contributed by atoms with Crippen LogP contribution < -0.4 is 4.72 Å². The fourth-order valence-electron chi connectivity index (χ4n) is 1.32. The molecule has 1 rings (SSSR count). The lowest BCUT2D eigenvalue weighted by Gasteiger charge is -2.06. The Bertz CT molecular complexity index is 554. The van der Waals surface area contributed by atoms with Gasteiger partial charge in [0.2, 0.25) is 0 Å². The summed E-state index contributed by atoms with van der Waals surface area (Å²) in [6, 6.07) is 0. The maximum atomic E-state index is 12.0. The van der Waals surface area contributed by atoms with E-state index in [0.717, 1.165) is 11.9 Å². The van der Waals surface area contributed by atoms with Crippen LogP contribution in [0.4, 0.5) is 0 Å². The summed E-state index contributed by atoms with van der Waals surface area (Å²) in [6.45, 7) is 5.63. The van der Waals surface area contributed by atoms with Crippen LogP contribution in [0.5, 0.6) is 0 Å². The molecule has 0 bridgehead atoms. The smallest absolute Gasteiger partial charge is 0.342 e. The summed E-state index contributed by atoms with van der Waals surface area (Å²) < 4.78 is 31.2. The molecular formula is C11H17N3O4S2. The van der Waals surface area contributed by atoms with Crippen molar-refractivity contribution in [3.63, 3.8) is 0 Å². The number of hydrogen-bond donors (Lipinski definition) is 2. The van der Waals surface area contributed by atoms with E-state index < -0.39 is 16.0 Å². The second kappa shape index (κ2) is 8.08. The number of nitrogens with zero attached hydrogens (tertiary/aromatic N) is 1. The number of rotatable bonds is 9. The first-order valence-corrected chi connectivity index (χ1v) is 8.55. The molecule has 7 nitrogen and oxygen atoms in total. The van der Waals surface area contributed by atoms with Crippen molar-refractivity contribution in [1.82, 2.24) is 14.9 Å². The minimum Gasteiger partial charge on any atom is -0.462 e. The third-order valence-corrected chi connectivity index (χ3v) is 4.54. The maximum absolute atomic E-state index is 12.0. The molecular weight excluding hydrogens is 302 g/mol. The fourth-order valence-corrected chi connectivity index (χ4v) is 3.14. The Morgan fingerprint density at radius 3 is 3.05 bits per heavy atom. The van der Waals surface area contributed by atoms with Gasteiger partial charge in [-0.25, -0.2) is 17.9 Å². The number of thioether (sulfide) groups is 1. The van der Waals surface area contributed by atoms with E-state index in [1.807, 2.05) is 0 Å². The van der Waals surface area contributed by atoms with Gasteiger partial charge in [0.1, 0.15) is 5.56 Å². The number of sulfonamides is 1. The van der Waals surface area contributed by atoms with E-state index in [1.165, 1.54) is 0 Å². The summed E-state index contributed by atoms with van der Waals surface area (Å²) in [5.74, 6) is 0.635. The molecule has 1 aromatic heterocycles. The second-order valence-corrected chi connectivity index (χ2v) is 6.45. The van der Waals surface area contributed by atoms with Crippen molar-refractivity contribution >= 4 is 27.8 Å². The zero-order chi connectivity index (χ0) is 15.0. The van der Waals surface area contributed by atoms with Gasteiger partial charge in [-0.15, -0.1) is 6.58 Å². The van der Waals surface area contributed by atoms with Gasteiger partial charge in [0.05, 0.1) is 12.8 Å². The van der Waals surface area contributed by atoms with Gasteiger partial charge in [0.25, 0.3) is 10.0 Å². The molecule has 0 spiro atoms. The van der Waals surface area contributed by atoms with Crippen molar-refractivity contribution in [2.24, 2.45) is 0 Å². The topological polar surface area (TPSA) is 101 Å². The highest BCUT2D eigenvalue weighted by Crippen LogP contribution is 2.13. The molecule has 1 aromatic rings. The summed E-state index contributed by atoms with van der Waals surface area (Å²) in [5, 5.41) is 5.63. The first-order chi connectivity index (χ1) is 9.53. The molecule has 0 amide bonds. The normalized spacial score (nSPS) is 11.2. The number of ether oxygens (including phenoxy) is 1. The van der Waals surface area contributed by atoms with Gasteiger partial charge in [0.15, 0.2) is 5.03 Å². The lowest BCUT2D eigenvalue weighted by Crippen LogP contribution is -2.28. The number of aromatic amines is 1.